The molecule has 1 aromatic carbocycles. The number of nitrogens with one attached hydrogen (secondary N) is 1. The number of aryl methyl sites for hydroxylation is 1. The Labute approximate surface area is 108 Å². The van der Waals surface area contributed by atoms with Crippen LogP contribution in [0.1, 0.15) is 25.3 Å². The van der Waals surface area contributed by atoms with Gasteiger partial charge in [0, 0.05) is 0 Å². The summed E-state index contributed by atoms with van der Waals surface area (Å²) >= 11 is 0. The minimum atomic E-state index is -0.522. The molecule has 4 N–H and O–H groups in total. The van der Waals surface area contributed by atoms with Gasteiger partial charge in [-0.15, -0.1) is 0 Å². The van der Waals surface area contributed by atoms with Crippen LogP contribution in [0, 0.1) is 0 Å². The van der Waals surface area contributed by atoms with Crippen molar-refractivity contribution in [3.8, 4) is 0 Å². The number of hydrogen-bond acceptors (Lipinski definition) is 3. The summed E-state index contributed by atoms with van der Waals surface area (Å²) in [5, 5.41) is 11.7. The smallest absolute Gasteiger partial charge is 0.237 e. The highest BCUT2D eigenvalue weighted by atomic mass is 16.3. The number of benzene rings is 1. The Kier molecular flexibility index (Phi) is 6.39. The molecule has 0 heterocycles. The monoisotopic (exact) mass is 250 g/mol. The quantitative estimate of drug-likeness (QED) is 0.671. The van der Waals surface area contributed by atoms with Gasteiger partial charge in [0.15, 0.2) is 0 Å². The van der Waals surface area contributed by atoms with E-state index in [9.17, 15) is 4.79 Å². The summed E-state index contributed by atoms with van der Waals surface area (Å²) in [6.45, 7) is 1.87. The second-order valence-electron chi connectivity index (χ2n) is 4.43. The molecule has 1 aromatic rings. The van der Waals surface area contributed by atoms with Crippen LogP contribution in [0.25, 0.3) is 0 Å². The van der Waals surface area contributed by atoms with Gasteiger partial charge in [-0.25, -0.2) is 0 Å². The van der Waals surface area contributed by atoms with E-state index in [1.807, 2.05) is 37.3 Å². The summed E-state index contributed by atoms with van der Waals surface area (Å²) < 4.78 is 0. The van der Waals surface area contributed by atoms with E-state index < -0.39 is 6.04 Å². The molecule has 0 fully saturated rings. The Hall–Kier alpha value is -1.39. The number of aliphatic hydroxyl groups is 1. The molecule has 0 aliphatic heterocycles. The Bertz CT molecular complexity index is 350. The van der Waals surface area contributed by atoms with Gasteiger partial charge in [0.05, 0.1) is 18.7 Å². The number of nitrogens with two attached hydrogens (primary N) is 1. The topological polar surface area (TPSA) is 75.3 Å². The zero-order chi connectivity index (χ0) is 13.4. The van der Waals surface area contributed by atoms with Crippen molar-refractivity contribution in [3.05, 3.63) is 35.9 Å². The lowest BCUT2D eigenvalue weighted by Gasteiger charge is -2.17. The van der Waals surface area contributed by atoms with Gasteiger partial charge in [-0.05, 0) is 24.8 Å². The van der Waals surface area contributed by atoms with Crippen LogP contribution >= 0.6 is 0 Å². The minimum absolute atomic E-state index is 0.0480. The number of amides is 1. The highest BCUT2D eigenvalue weighted by molar-refractivity contribution is 5.81. The van der Waals surface area contributed by atoms with E-state index in [2.05, 4.69) is 5.32 Å². The van der Waals surface area contributed by atoms with Crippen molar-refractivity contribution in [2.45, 2.75) is 38.3 Å². The molecule has 1 rings (SSSR count). The van der Waals surface area contributed by atoms with Crippen LogP contribution in [-0.4, -0.2) is 29.7 Å². The number of carbonyl (C=O) groups is 1. The molecular formula is C14H22N2O2. The molecule has 1 amide bonds. The molecule has 18 heavy (non-hydrogen) atoms. The van der Waals surface area contributed by atoms with E-state index in [1.165, 1.54) is 5.56 Å². The molecule has 0 spiro atoms. The fourth-order valence-corrected chi connectivity index (χ4v) is 1.68. The highest BCUT2D eigenvalue weighted by Gasteiger charge is 2.16. The molecule has 0 aliphatic carbocycles. The third-order valence-corrected chi connectivity index (χ3v) is 2.98. The molecule has 4 nitrogen and oxygen atoms in total. The van der Waals surface area contributed by atoms with Gasteiger partial charge in [0.2, 0.25) is 5.91 Å². The van der Waals surface area contributed by atoms with Crippen molar-refractivity contribution in [3.63, 3.8) is 0 Å². The summed E-state index contributed by atoms with van der Waals surface area (Å²) in [5.74, 6) is -0.188. The fourth-order valence-electron chi connectivity index (χ4n) is 1.68. The summed E-state index contributed by atoms with van der Waals surface area (Å²) in [5.41, 5.74) is 7.00. The van der Waals surface area contributed by atoms with Gasteiger partial charge in [-0.1, -0.05) is 37.3 Å². The van der Waals surface area contributed by atoms with Gasteiger partial charge >= 0.3 is 0 Å². The molecule has 0 saturated heterocycles. The van der Waals surface area contributed by atoms with Crippen molar-refractivity contribution in [2.24, 2.45) is 5.73 Å². The maximum atomic E-state index is 11.7. The van der Waals surface area contributed by atoms with E-state index in [4.69, 9.17) is 10.8 Å². The first kappa shape index (κ1) is 14.7. The van der Waals surface area contributed by atoms with Crippen LogP contribution in [0.2, 0.25) is 0 Å². The van der Waals surface area contributed by atoms with Gasteiger partial charge in [0.25, 0.3) is 0 Å². The van der Waals surface area contributed by atoms with E-state index in [0.29, 0.717) is 12.8 Å². The number of hydrogen-bond donors (Lipinski definition) is 3. The van der Waals surface area contributed by atoms with Gasteiger partial charge in [0.1, 0.15) is 0 Å². The second-order valence-corrected chi connectivity index (χ2v) is 4.43. The van der Waals surface area contributed by atoms with Gasteiger partial charge in [-0.3, -0.25) is 4.79 Å². The summed E-state index contributed by atoms with van der Waals surface area (Å²) in [7, 11) is 0. The van der Waals surface area contributed by atoms with Crippen LogP contribution in [0.5, 0.6) is 0 Å². The molecule has 0 aromatic heterocycles. The molecule has 0 bridgehead atoms. The normalized spacial score (nSPS) is 13.9. The van der Waals surface area contributed by atoms with Gasteiger partial charge in [-0.2, -0.15) is 0 Å². The largest absolute Gasteiger partial charge is 0.394 e. The maximum Gasteiger partial charge on any atom is 0.237 e. The predicted molar refractivity (Wildman–Crippen MR) is 72.0 cm³/mol. The molecule has 4 heteroatoms. The first-order chi connectivity index (χ1) is 8.67. The molecule has 100 valence electrons. The number of carbonyl (C=O) groups excluding carboxylic acids is 1. The zero-order valence-corrected chi connectivity index (χ0v) is 10.8. The minimum Gasteiger partial charge on any atom is -0.394 e. The SMILES string of the molecule is CC[C@H](CO)NC(=O)[C@@H](N)CCc1ccccc1. The van der Waals surface area contributed by atoms with Crippen LogP contribution < -0.4 is 11.1 Å². The number of aliphatic hydroxyl groups excluding tert-OH is 1. The first-order valence-corrected chi connectivity index (χ1v) is 6.38. The average molecular weight is 250 g/mol. The van der Waals surface area contributed by atoms with E-state index in [-0.39, 0.29) is 18.6 Å². The third kappa shape index (κ3) is 4.85. The summed E-state index contributed by atoms with van der Waals surface area (Å²) in [4.78, 5) is 11.7. The predicted octanol–water partition coefficient (Wildman–Crippen LogP) is 0.834. The molecule has 0 saturated carbocycles. The van der Waals surface area contributed by atoms with Gasteiger partial charge < -0.3 is 16.2 Å². The van der Waals surface area contributed by atoms with Crippen molar-refractivity contribution < 1.29 is 9.90 Å². The molecule has 0 unspecified atom stereocenters. The lowest BCUT2D eigenvalue weighted by Crippen LogP contribution is -2.46. The molecule has 0 radical (unpaired) electrons. The first-order valence-electron chi connectivity index (χ1n) is 6.38. The number of rotatable bonds is 7. The van der Waals surface area contributed by atoms with Crippen LogP contribution in [0.15, 0.2) is 30.3 Å². The van der Waals surface area contributed by atoms with Crippen molar-refractivity contribution >= 4 is 5.91 Å². The molecule has 0 aliphatic rings. The molecule has 2 atom stereocenters. The Morgan fingerprint density at radius 1 is 1.39 bits per heavy atom. The van der Waals surface area contributed by atoms with E-state index in [0.717, 1.165) is 6.42 Å². The van der Waals surface area contributed by atoms with E-state index in [1.54, 1.807) is 0 Å². The second kappa shape index (κ2) is 7.84. The lowest BCUT2D eigenvalue weighted by molar-refractivity contribution is -0.123. The Morgan fingerprint density at radius 3 is 2.61 bits per heavy atom. The highest BCUT2D eigenvalue weighted by Crippen LogP contribution is 2.04. The zero-order valence-electron chi connectivity index (χ0n) is 10.8. The van der Waals surface area contributed by atoms with Crippen molar-refractivity contribution in [2.75, 3.05) is 6.61 Å². The van der Waals surface area contributed by atoms with E-state index >= 15 is 0 Å². The third-order valence-electron chi connectivity index (χ3n) is 2.98. The van der Waals surface area contributed by atoms with Crippen LogP contribution in [-0.2, 0) is 11.2 Å². The average Bonchev–Trinajstić information content (AvgIpc) is 2.42. The van der Waals surface area contributed by atoms with Crippen molar-refractivity contribution in [1.82, 2.24) is 5.32 Å². The maximum absolute atomic E-state index is 11.7. The Balaban J connectivity index is 2.36. The summed E-state index contributed by atoms with van der Waals surface area (Å²) in [6, 6.07) is 9.23. The van der Waals surface area contributed by atoms with Crippen molar-refractivity contribution in [1.29, 1.82) is 0 Å². The standard InChI is InChI=1S/C14H22N2O2/c1-2-12(10-17)16-14(18)13(15)9-8-11-6-4-3-5-7-11/h3-7,12-13,17H,2,8-10,15H2,1H3,(H,16,18)/t12-,13+/m1/s1. The molecular weight excluding hydrogens is 228 g/mol. The fraction of sp³-hybridized carbons (Fsp3) is 0.500. The lowest BCUT2D eigenvalue weighted by atomic mass is 10.0. The Morgan fingerprint density at radius 2 is 2.06 bits per heavy atom. The summed E-state index contributed by atoms with van der Waals surface area (Å²) in [6.07, 6.45) is 2.09. The van der Waals surface area contributed by atoms with Crippen LogP contribution in [0.3, 0.4) is 0 Å². The van der Waals surface area contributed by atoms with Crippen LogP contribution in [0.4, 0.5) is 0 Å².